The highest BCUT2D eigenvalue weighted by atomic mass is 35.5. The molecule has 2 amide bonds. The van der Waals surface area contributed by atoms with Gasteiger partial charge in [0, 0.05) is 25.9 Å². The molecule has 14 heteroatoms. The van der Waals surface area contributed by atoms with Crippen molar-refractivity contribution in [2.24, 2.45) is 7.05 Å². The van der Waals surface area contributed by atoms with Crippen LogP contribution in [0.25, 0.3) is 16.9 Å². The van der Waals surface area contributed by atoms with Crippen molar-refractivity contribution < 1.29 is 22.8 Å². The van der Waals surface area contributed by atoms with E-state index in [0.29, 0.717) is 40.6 Å². The first-order valence-electron chi connectivity index (χ1n) is 11.0. The van der Waals surface area contributed by atoms with Crippen molar-refractivity contribution in [3.63, 3.8) is 0 Å². The first-order chi connectivity index (χ1) is 17.4. The Bertz CT molecular complexity index is 1530. The van der Waals surface area contributed by atoms with Gasteiger partial charge in [-0.3, -0.25) is 9.59 Å². The number of pyridine rings is 1. The van der Waals surface area contributed by atoms with Gasteiger partial charge in [0.25, 0.3) is 11.8 Å². The molecule has 9 nitrogen and oxygen atoms in total. The molecule has 0 aliphatic heterocycles. The lowest BCUT2D eigenvalue weighted by Gasteiger charge is -2.15. The molecule has 0 saturated heterocycles. The number of fused-ring (bicyclic) bond motifs is 1. The number of halogens is 5. The summed E-state index contributed by atoms with van der Waals surface area (Å²) in [4.78, 5) is 34.7. The van der Waals surface area contributed by atoms with E-state index in [0.717, 1.165) is 0 Å². The van der Waals surface area contributed by atoms with Gasteiger partial charge in [-0.1, -0.05) is 30.1 Å². The molecule has 194 valence electrons. The summed E-state index contributed by atoms with van der Waals surface area (Å²) >= 11 is 12.8. The Labute approximate surface area is 218 Å². The standard InChI is InChI=1S/C23H20Cl2F3N7O2/c1-4-7-30-21(36)12-9-14-19(34(3)11(2)31-14)17(25)18(12)32-22(37)15-10-16(23(26,27)28)33-35(15)20-13(24)6-5-8-29-20/h5-6,8-10H,4,7H2,1-3H3,(H,30,36)(H,32,37). The summed E-state index contributed by atoms with van der Waals surface area (Å²) in [5.41, 5.74) is -1.11. The normalized spacial score (nSPS) is 11.7. The molecule has 4 rings (SSSR count). The minimum Gasteiger partial charge on any atom is -0.352 e. The third-order valence-corrected chi connectivity index (χ3v) is 6.18. The molecule has 0 radical (unpaired) electrons. The number of carbonyl (C=O) groups excluding carboxylic acids is 2. The largest absolute Gasteiger partial charge is 0.435 e. The van der Waals surface area contributed by atoms with Crippen LogP contribution in [0.3, 0.4) is 0 Å². The Morgan fingerprint density at radius 3 is 2.54 bits per heavy atom. The van der Waals surface area contributed by atoms with Crippen LogP contribution in [-0.4, -0.2) is 42.7 Å². The van der Waals surface area contributed by atoms with E-state index in [2.05, 4.69) is 25.7 Å². The molecular weight excluding hydrogens is 534 g/mol. The van der Waals surface area contributed by atoms with Crippen LogP contribution >= 0.6 is 23.2 Å². The smallest absolute Gasteiger partial charge is 0.352 e. The minimum absolute atomic E-state index is 0.00428. The van der Waals surface area contributed by atoms with Gasteiger partial charge in [-0.2, -0.15) is 18.3 Å². The second-order valence-electron chi connectivity index (χ2n) is 8.04. The van der Waals surface area contributed by atoms with E-state index in [1.54, 1.807) is 18.5 Å². The first kappa shape index (κ1) is 26.4. The summed E-state index contributed by atoms with van der Waals surface area (Å²) in [6.07, 6.45) is -2.91. The van der Waals surface area contributed by atoms with Crippen LogP contribution in [0.5, 0.6) is 0 Å². The van der Waals surface area contributed by atoms with E-state index in [1.807, 2.05) is 6.92 Å². The number of hydrogen-bond acceptors (Lipinski definition) is 5. The maximum absolute atomic E-state index is 13.5. The summed E-state index contributed by atoms with van der Waals surface area (Å²) in [7, 11) is 1.70. The number of benzene rings is 1. The number of aryl methyl sites for hydroxylation is 2. The van der Waals surface area contributed by atoms with Gasteiger partial charge in [-0.25, -0.2) is 14.6 Å². The van der Waals surface area contributed by atoms with Gasteiger partial charge in [-0.05, 0) is 31.5 Å². The van der Waals surface area contributed by atoms with Crippen LogP contribution < -0.4 is 10.6 Å². The zero-order valence-electron chi connectivity index (χ0n) is 19.7. The maximum atomic E-state index is 13.5. The van der Waals surface area contributed by atoms with Crippen LogP contribution in [0.1, 0.15) is 45.7 Å². The number of hydrogen-bond donors (Lipinski definition) is 2. The molecule has 3 heterocycles. The van der Waals surface area contributed by atoms with E-state index >= 15 is 0 Å². The minimum atomic E-state index is -4.85. The molecule has 37 heavy (non-hydrogen) atoms. The van der Waals surface area contributed by atoms with Crippen molar-refractivity contribution in [2.75, 3.05) is 11.9 Å². The van der Waals surface area contributed by atoms with Crippen molar-refractivity contribution in [1.82, 2.24) is 29.6 Å². The Hall–Kier alpha value is -3.64. The molecular formula is C23H20Cl2F3N7O2. The number of imidazole rings is 1. The number of nitrogens with zero attached hydrogens (tertiary/aromatic N) is 5. The van der Waals surface area contributed by atoms with E-state index in [9.17, 15) is 22.8 Å². The number of rotatable bonds is 6. The molecule has 0 aliphatic rings. The van der Waals surface area contributed by atoms with Gasteiger partial charge >= 0.3 is 6.18 Å². The number of nitrogens with one attached hydrogen (secondary N) is 2. The Balaban J connectivity index is 1.87. The number of amides is 2. The fourth-order valence-corrected chi connectivity index (χ4v) is 4.20. The number of carbonyl (C=O) groups is 2. The highest BCUT2D eigenvalue weighted by Crippen LogP contribution is 2.36. The summed E-state index contributed by atoms with van der Waals surface area (Å²) in [6.45, 7) is 3.95. The second-order valence-corrected chi connectivity index (χ2v) is 8.83. The molecule has 0 atom stereocenters. The zero-order valence-corrected chi connectivity index (χ0v) is 21.3. The Morgan fingerprint density at radius 1 is 1.16 bits per heavy atom. The fraction of sp³-hybridized carbons (Fsp3) is 0.261. The van der Waals surface area contributed by atoms with Gasteiger partial charge in [0.15, 0.2) is 11.5 Å². The lowest BCUT2D eigenvalue weighted by molar-refractivity contribution is -0.141. The van der Waals surface area contributed by atoms with Crippen LogP contribution in [-0.2, 0) is 13.2 Å². The van der Waals surface area contributed by atoms with Crippen LogP contribution in [0.2, 0.25) is 10.0 Å². The molecule has 0 unspecified atom stereocenters. The number of alkyl halides is 3. The van der Waals surface area contributed by atoms with Gasteiger partial charge in [0.1, 0.15) is 11.5 Å². The predicted molar refractivity (Wildman–Crippen MR) is 132 cm³/mol. The van der Waals surface area contributed by atoms with E-state index in [-0.39, 0.29) is 27.1 Å². The SMILES string of the molecule is CCCNC(=O)c1cc2nc(C)n(C)c2c(Cl)c1NC(=O)c1cc(C(F)(F)F)nn1-c1ncccc1Cl. The fourth-order valence-electron chi connectivity index (χ4n) is 3.63. The highest BCUT2D eigenvalue weighted by Gasteiger charge is 2.37. The lowest BCUT2D eigenvalue weighted by atomic mass is 10.1. The molecule has 3 aromatic heterocycles. The molecule has 1 aromatic carbocycles. The average Bonchev–Trinajstić information content (AvgIpc) is 3.41. The van der Waals surface area contributed by atoms with Gasteiger partial charge in [0.2, 0.25) is 0 Å². The first-order valence-corrected chi connectivity index (χ1v) is 11.7. The van der Waals surface area contributed by atoms with Crippen LogP contribution in [0.4, 0.5) is 18.9 Å². The third kappa shape index (κ3) is 4.98. The predicted octanol–water partition coefficient (Wildman–Crippen LogP) is 5.18. The average molecular weight is 554 g/mol. The number of anilines is 1. The van der Waals surface area contributed by atoms with Crippen molar-refractivity contribution in [2.45, 2.75) is 26.4 Å². The molecule has 0 saturated carbocycles. The maximum Gasteiger partial charge on any atom is 0.435 e. The molecule has 0 aliphatic carbocycles. The Kier molecular flexibility index (Phi) is 7.16. The second kappa shape index (κ2) is 10.0. The number of aromatic nitrogens is 5. The Morgan fingerprint density at radius 2 is 1.89 bits per heavy atom. The molecule has 0 fully saturated rings. The summed E-state index contributed by atoms with van der Waals surface area (Å²) in [5, 5.41) is 8.70. The highest BCUT2D eigenvalue weighted by molar-refractivity contribution is 6.39. The summed E-state index contributed by atoms with van der Waals surface area (Å²) < 4.78 is 42.9. The van der Waals surface area contributed by atoms with Crippen molar-refractivity contribution >= 4 is 51.7 Å². The monoisotopic (exact) mass is 553 g/mol. The zero-order chi connectivity index (χ0) is 27.1. The van der Waals surface area contributed by atoms with E-state index in [4.69, 9.17) is 23.2 Å². The van der Waals surface area contributed by atoms with E-state index < -0.39 is 29.4 Å². The molecule has 2 N–H and O–H groups in total. The summed E-state index contributed by atoms with van der Waals surface area (Å²) in [5.74, 6) is -1.15. The molecule has 0 spiro atoms. The lowest BCUT2D eigenvalue weighted by Crippen LogP contribution is -2.26. The van der Waals surface area contributed by atoms with Gasteiger partial charge in [0.05, 0.1) is 32.3 Å². The van der Waals surface area contributed by atoms with Crippen molar-refractivity contribution in [3.8, 4) is 5.82 Å². The summed E-state index contributed by atoms with van der Waals surface area (Å²) in [6, 6.07) is 4.90. The van der Waals surface area contributed by atoms with Crippen LogP contribution in [0, 0.1) is 6.92 Å². The molecule has 0 bridgehead atoms. The van der Waals surface area contributed by atoms with Crippen molar-refractivity contribution in [1.29, 1.82) is 0 Å². The quantitative estimate of drug-likeness (QED) is 0.342. The van der Waals surface area contributed by atoms with E-state index in [1.165, 1.54) is 24.4 Å². The topological polar surface area (TPSA) is 107 Å². The third-order valence-electron chi connectivity index (χ3n) is 5.51. The molecule has 4 aromatic rings. The van der Waals surface area contributed by atoms with Crippen LogP contribution in [0.15, 0.2) is 30.5 Å². The van der Waals surface area contributed by atoms with Gasteiger partial charge < -0.3 is 15.2 Å². The van der Waals surface area contributed by atoms with Gasteiger partial charge in [-0.15, -0.1) is 0 Å². The van der Waals surface area contributed by atoms with Crippen molar-refractivity contribution in [3.05, 3.63) is 63.3 Å².